The minimum atomic E-state index is -4.70. The van der Waals surface area contributed by atoms with E-state index in [0.29, 0.717) is 48.6 Å². The number of alkyl halides is 3. The Kier molecular flexibility index (Phi) is 7.88. The molecular formula is C23H24F3NO5S. The Hall–Kier alpha value is -2.75. The van der Waals surface area contributed by atoms with Crippen LogP contribution in [0.15, 0.2) is 33.5 Å². The largest absolute Gasteiger partial charge is 0.489 e. The summed E-state index contributed by atoms with van der Waals surface area (Å²) >= 11 is 0.950. The maximum absolute atomic E-state index is 13.6. The van der Waals surface area contributed by atoms with Crippen LogP contribution in [0.3, 0.4) is 0 Å². The van der Waals surface area contributed by atoms with Crippen LogP contribution >= 0.6 is 11.8 Å². The van der Waals surface area contributed by atoms with Crippen molar-refractivity contribution in [1.82, 2.24) is 4.90 Å². The molecule has 2 amide bonds. The van der Waals surface area contributed by atoms with Crippen LogP contribution in [-0.4, -0.2) is 35.0 Å². The first-order chi connectivity index (χ1) is 15.7. The highest BCUT2D eigenvalue weighted by atomic mass is 32.2. The molecule has 10 heteroatoms. The van der Waals surface area contributed by atoms with E-state index in [2.05, 4.69) is 0 Å². The lowest BCUT2D eigenvalue weighted by Crippen LogP contribution is -2.28. The van der Waals surface area contributed by atoms with Crippen LogP contribution in [0.25, 0.3) is 11.0 Å². The molecule has 178 valence electrons. The first-order valence-corrected chi connectivity index (χ1v) is 11.6. The van der Waals surface area contributed by atoms with Crippen LogP contribution < -0.4 is 10.4 Å². The highest BCUT2D eigenvalue weighted by molar-refractivity contribution is 8.14. The lowest BCUT2D eigenvalue weighted by atomic mass is 9.96. The van der Waals surface area contributed by atoms with Gasteiger partial charge >= 0.3 is 11.8 Å². The average Bonchev–Trinajstić information content (AvgIpc) is 3.06. The fourth-order valence-electron chi connectivity index (χ4n) is 3.69. The summed E-state index contributed by atoms with van der Waals surface area (Å²) in [5.41, 5.74) is -1.17. The molecule has 0 radical (unpaired) electrons. The van der Waals surface area contributed by atoms with E-state index in [4.69, 9.17) is 9.15 Å². The zero-order chi connectivity index (χ0) is 24.2. The second kappa shape index (κ2) is 10.5. The van der Waals surface area contributed by atoms with E-state index in [-0.39, 0.29) is 41.0 Å². The molecule has 2 heterocycles. The Morgan fingerprint density at radius 1 is 1.12 bits per heavy atom. The summed E-state index contributed by atoms with van der Waals surface area (Å²) in [5, 5.41) is -0.452. The molecule has 1 aromatic carbocycles. The Morgan fingerprint density at radius 3 is 2.45 bits per heavy atom. The summed E-state index contributed by atoms with van der Waals surface area (Å²) in [4.78, 5) is 36.4. The molecular weight excluding hydrogens is 459 g/mol. The Morgan fingerprint density at radius 2 is 1.85 bits per heavy atom. The fraction of sp³-hybridized carbons (Fsp3) is 0.435. The van der Waals surface area contributed by atoms with Gasteiger partial charge in [0.1, 0.15) is 17.9 Å². The number of halogens is 3. The maximum Gasteiger partial charge on any atom is 0.417 e. The van der Waals surface area contributed by atoms with Crippen molar-refractivity contribution in [3.05, 3.63) is 51.4 Å². The van der Waals surface area contributed by atoms with Gasteiger partial charge in [0.15, 0.2) is 0 Å². The number of hydrogen-bond acceptors (Lipinski definition) is 6. The zero-order valence-electron chi connectivity index (χ0n) is 18.3. The topological polar surface area (TPSA) is 76.8 Å². The Balaban J connectivity index is 1.97. The van der Waals surface area contributed by atoms with E-state index in [1.54, 1.807) is 12.2 Å². The smallest absolute Gasteiger partial charge is 0.417 e. The molecule has 6 nitrogen and oxygen atoms in total. The number of rotatable bonds is 9. The molecule has 1 aromatic heterocycles. The van der Waals surface area contributed by atoms with Gasteiger partial charge in [-0.25, -0.2) is 4.79 Å². The van der Waals surface area contributed by atoms with Crippen LogP contribution in [0.5, 0.6) is 5.75 Å². The minimum Gasteiger partial charge on any atom is -0.489 e. The number of imide groups is 1. The molecule has 0 N–H and O–H groups in total. The monoisotopic (exact) mass is 483 g/mol. The summed E-state index contributed by atoms with van der Waals surface area (Å²) in [6.45, 7) is 3.98. The van der Waals surface area contributed by atoms with E-state index in [1.165, 1.54) is 6.07 Å². The first-order valence-electron chi connectivity index (χ1n) is 10.6. The molecule has 1 aliphatic rings. The number of ether oxygens (including phenoxy) is 1. The quantitative estimate of drug-likeness (QED) is 0.354. The SMILES string of the molecule is CCCc1cc2c(C(F)(F)F)cc(=O)oc2c(CCC)c1OCC=CCN1C(=O)CSC1=O. The van der Waals surface area contributed by atoms with Gasteiger partial charge in [0.2, 0.25) is 5.91 Å². The van der Waals surface area contributed by atoms with Crippen molar-refractivity contribution in [1.29, 1.82) is 0 Å². The molecule has 2 aromatic rings. The Labute approximate surface area is 192 Å². The fourth-order valence-corrected chi connectivity index (χ4v) is 4.43. The van der Waals surface area contributed by atoms with Crippen LogP contribution in [0.2, 0.25) is 0 Å². The number of amides is 2. The van der Waals surface area contributed by atoms with Gasteiger partial charge < -0.3 is 9.15 Å². The van der Waals surface area contributed by atoms with E-state index in [1.807, 2.05) is 13.8 Å². The molecule has 0 aliphatic carbocycles. The van der Waals surface area contributed by atoms with Crippen molar-refractivity contribution in [3.63, 3.8) is 0 Å². The van der Waals surface area contributed by atoms with Crippen LogP contribution in [0.1, 0.15) is 43.4 Å². The van der Waals surface area contributed by atoms with Crippen molar-refractivity contribution >= 4 is 33.9 Å². The van der Waals surface area contributed by atoms with Crippen LogP contribution in [0.4, 0.5) is 18.0 Å². The number of carbonyl (C=O) groups is 2. The molecule has 1 saturated heterocycles. The van der Waals surface area contributed by atoms with E-state index < -0.39 is 17.4 Å². The summed E-state index contributed by atoms with van der Waals surface area (Å²) in [6.07, 6.45) is 0.702. The number of fused-ring (bicyclic) bond motifs is 1. The third-order valence-corrected chi connectivity index (χ3v) is 5.96. The third-order valence-electron chi connectivity index (χ3n) is 5.10. The Bertz CT molecular complexity index is 1120. The van der Waals surface area contributed by atoms with Gasteiger partial charge in [0.25, 0.3) is 5.24 Å². The van der Waals surface area contributed by atoms with Gasteiger partial charge in [0.05, 0.1) is 11.3 Å². The molecule has 1 aliphatic heterocycles. The lowest BCUT2D eigenvalue weighted by Gasteiger charge is -2.19. The van der Waals surface area contributed by atoms with Gasteiger partial charge in [0, 0.05) is 23.6 Å². The molecule has 33 heavy (non-hydrogen) atoms. The highest BCUT2D eigenvalue weighted by Gasteiger charge is 2.35. The number of nitrogens with zero attached hydrogens (tertiary/aromatic N) is 1. The van der Waals surface area contributed by atoms with Gasteiger partial charge in [-0.1, -0.05) is 44.5 Å². The molecule has 0 unspecified atom stereocenters. The second-order valence-electron chi connectivity index (χ2n) is 7.54. The molecule has 0 spiro atoms. The molecule has 0 bridgehead atoms. The molecule has 3 rings (SSSR count). The molecule has 0 atom stereocenters. The van der Waals surface area contributed by atoms with Crippen molar-refractivity contribution in [3.8, 4) is 5.75 Å². The van der Waals surface area contributed by atoms with Gasteiger partial charge in [-0.05, 0) is 30.5 Å². The maximum atomic E-state index is 13.6. The number of aryl methyl sites for hydroxylation is 2. The summed E-state index contributed by atoms with van der Waals surface area (Å²) in [5.74, 6) is 0.282. The van der Waals surface area contributed by atoms with Crippen molar-refractivity contribution in [2.24, 2.45) is 0 Å². The van der Waals surface area contributed by atoms with Crippen molar-refractivity contribution in [2.45, 2.75) is 45.7 Å². The lowest BCUT2D eigenvalue weighted by molar-refractivity contribution is -0.136. The average molecular weight is 484 g/mol. The van der Waals surface area contributed by atoms with Gasteiger partial charge in [-0.15, -0.1) is 0 Å². The summed E-state index contributed by atoms with van der Waals surface area (Å²) < 4.78 is 52.1. The van der Waals surface area contributed by atoms with E-state index in [0.717, 1.165) is 16.7 Å². The third kappa shape index (κ3) is 5.61. The number of benzene rings is 1. The van der Waals surface area contributed by atoms with Crippen LogP contribution in [0, 0.1) is 0 Å². The first kappa shape index (κ1) is 24.9. The predicted molar refractivity (Wildman–Crippen MR) is 120 cm³/mol. The van der Waals surface area contributed by atoms with Gasteiger partial charge in [-0.3, -0.25) is 14.5 Å². The number of thioether (sulfide) groups is 1. The standard InChI is InChI=1S/C23H24F3NO5S/c1-3-7-14-11-16-17(23(24,25)26)12-19(29)32-21(16)15(8-4-2)20(14)31-10-6-5-9-27-18(28)13-33-22(27)30/h5-6,11-12H,3-4,7-10,13H2,1-2H3. The summed E-state index contributed by atoms with van der Waals surface area (Å²) in [6, 6.07) is 1.87. The number of carbonyl (C=O) groups excluding carboxylic acids is 2. The molecule has 1 fully saturated rings. The summed E-state index contributed by atoms with van der Waals surface area (Å²) in [7, 11) is 0. The second-order valence-corrected chi connectivity index (χ2v) is 8.46. The van der Waals surface area contributed by atoms with Crippen molar-refractivity contribution < 1.29 is 31.9 Å². The van der Waals surface area contributed by atoms with Crippen molar-refractivity contribution in [2.75, 3.05) is 18.9 Å². The molecule has 0 saturated carbocycles. The van der Waals surface area contributed by atoms with Gasteiger partial charge in [-0.2, -0.15) is 13.2 Å². The highest BCUT2D eigenvalue weighted by Crippen LogP contribution is 2.40. The number of hydrogen-bond donors (Lipinski definition) is 0. The zero-order valence-corrected chi connectivity index (χ0v) is 19.1. The normalized spacial score (nSPS) is 14.8. The van der Waals surface area contributed by atoms with E-state index in [9.17, 15) is 27.6 Å². The van der Waals surface area contributed by atoms with Crippen LogP contribution in [-0.2, 0) is 23.8 Å². The minimum absolute atomic E-state index is 0.0749. The predicted octanol–water partition coefficient (Wildman–Crippen LogP) is 5.35. The van der Waals surface area contributed by atoms with E-state index >= 15 is 0 Å².